The zero-order chi connectivity index (χ0) is 20.5. The third kappa shape index (κ3) is 2.36. The van der Waals surface area contributed by atoms with E-state index >= 15 is 0 Å². The normalized spacial score (nSPS) is 12.5. The van der Waals surface area contributed by atoms with Gasteiger partial charge in [-0.25, -0.2) is 0 Å². The van der Waals surface area contributed by atoms with Gasteiger partial charge in [0.1, 0.15) is 5.58 Å². The summed E-state index contributed by atoms with van der Waals surface area (Å²) in [5.41, 5.74) is 5.53. The molecule has 2 nitrogen and oxygen atoms in total. The largest absolute Gasteiger partial charge is 0.454 e. The number of fused-ring (bicyclic) bond motifs is 6. The molecule has 0 aliphatic carbocycles. The molecule has 6 aromatic rings. The van der Waals surface area contributed by atoms with Gasteiger partial charge < -0.3 is 8.98 Å². The summed E-state index contributed by atoms with van der Waals surface area (Å²) < 4.78 is 9.03. The predicted molar refractivity (Wildman–Crippen MR) is 131 cm³/mol. The van der Waals surface area contributed by atoms with Crippen molar-refractivity contribution in [3.8, 4) is 5.69 Å². The second-order valence-corrected chi connectivity index (χ2v) is 14.1. The van der Waals surface area contributed by atoms with Crippen LogP contribution in [0.3, 0.4) is 0 Å². The van der Waals surface area contributed by atoms with Gasteiger partial charge in [-0.3, -0.25) is 0 Å². The Morgan fingerprint density at radius 1 is 0.567 bits per heavy atom. The van der Waals surface area contributed by atoms with Crippen LogP contribution in [-0.4, -0.2) is 12.6 Å². The number of para-hydroxylation sites is 4. The lowest BCUT2D eigenvalue weighted by Crippen LogP contribution is -2.37. The minimum atomic E-state index is -1.53. The Hall–Kier alpha value is -3.30. The Labute approximate surface area is 176 Å². The van der Waals surface area contributed by atoms with Crippen LogP contribution in [0.1, 0.15) is 0 Å². The highest BCUT2D eigenvalue weighted by atomic mass is 28.3. The van der Waals surface area contributed by atoms with E-state index in [0.29, 0.717) is 0 Å². The van der Waals surface area contributed by atoms with Crippen LogP contribution in [0.25, 0.3) is 49.4 Å². The van der Waals surface area contributed by atoms with Crippen molar-refractivity contribution in [3.63, 3.8) is 0 Å². The highest BCUT2D eigenvalue weighted by Gasteiger charge is 2.23. The van der Waals surface area contributed by atoms with Crippen molar-refractivity contribution in [3.05, 3.63) is 84.9 Å². The first kappa shape index (κ1) is 17.5. The van der Waals surface area contributed by atoms with E-state index in [4.69, 9.17) is 4.42 Å². The monoisotopic (exact) mass is 405 g/mol. The number of furan rings is 1. The fraction of sp³-hybridized carbons (Fsp3) is 0.111. The van der Waals surface area contributed by atoms with Crippen molar-refractivity contribution in [2.45, 2.75) is 19.6 Å². The van der Waals surface area contributed by atoms with Gasteiger partial charge in [-0.15, -0.1) is 0 Å². The summed E-state index contributed by atoms with van der Waals surface area (Å²) in [6.45, 7) is 7.13. The smallest absolute Gasteiger partial charge is 0.159 e. The van der Waals surface area contributed by atoms with E-state index in [9.17, 15) is 0 Å². The summed E-state index contributed by atoms with van der Waals surface area (Å²) in [4.78, 5) is 0. The maximum atomic E-state index is 6.68. The fourth-order valence-corrected chi connectivity index (χ4v) is 6.22. The molecule has 0 saturated carbocycles. The molecule has 0 unspecified atom stereocenters. The van der Waals surface area contributed by atoms with Crippen molar-refractivity contribution in [1.29, 1.82) is 0 Å². The molecule has 0 aliphatic rings. The number of benzene rings is 4. The van der Waals surface area contributed by atoms with Crippen LogP contribution in [0.5, 0.6) is 0 Å². The minimum absolute atomic E-state index is 0.963. The molecule has 0 aliphatic heterocycles. The second-order valence-electron chi connectivity index (χ2n) is 9.06. The van der Waals surface area contributed by atoms with Gasteiger partial charge in [-0.05, 0) is 23.4 Å². The van der Waals surface area contributed by atoms with E-state index in [2.05, 4.69) is 109 Å². The van der Waals surface area contributed by atoms with Crippen LogP contribution in [0, 0.1) is 0 Å². The molecule has 0 bridgehead atoms. The second kappa shape index (κ2) is 6.10. The summed E-state index contributed by atoms with van der Waals surface area (Å²) in [5, 5.41) is 6.31. The van der Waals surface area contributed by atoms with Gasteiger partial charge in [0.15, 0.2) is 5.58 Å². The quantitative estimate of drug-likeness (QED) is 0.278. The SMILES string of the molecule is C[Si](C)(C)c1cccc2c1oc1c(-n3c4ccccc4c4ccccc43)cccc12. The molecule has 4 aromatic carbocycles. The number of rotatable bonds is 2. The highest BCUT2D eigenvalue weighted by Crippen LogP contribution is 2.37. The lowest BCUT2D eigenvalue weighted by molar-refractivity contribution is 0.668. The molecule has 0 radical (unpaired) electrons. The Morgan fingerprint density at radius 3 is 1.73 bits per heavy atom. The van der Waals surface area contributed by atoms with Crippen LogP contribution in [-0.2, 0) is 0 Å². The van der Waals surface area contributed by atoms with E-state index in [1.54, 1.807) is 0 Å². The van der Waals surface area contributed by atoms with Gasteiger partial charge in [-0.1, -0.05) is 86.4 Å². The van der Waals surface area contributed by atoms with E-state index < -0.39 is 8.07 Å². The molecule has 146 valence electrons. The molecular weight excluding hydrogens is 382 g/mol. The maximum absolute atomic E-state index is 6.68. The molecule has 3 heteroatoms. The number of aromatic nitrogens is 1. The third-order valence-corrected chi connectivity index (χ3v) is 8.14. The summed E-state index contributed by atoms with van der Waals surface area (Å²) in [6.07, 6.45) is 0. The first-order valence-corrected chi connectivity index (χ1v) is 14.0. The lowest BCUT2D eigenvalue weighted by atomic mass is 10.1. The van der Waals surface area contributed by atoms with E-state index in [-0.39, 0.29) is 0 Å². The Balaban J connectivity index is 1.79. The van der Waals surface area contributed by atoms with Crippen molar-refractivity contribution in [2.24, 2.45) is 0 Å². The molecular formula is C27H23NOSi. The van der Waals surface area contributed by atoms with Gasteiger partial charge in [0.05, 0.1) is 24.8 Å². The third-order valence-electron chi connectivity index (χ3n) is 6.13. The molecule has 0 fully saturated rings. The number of nitrogens with zero attached hydrogens (tertiary/aromatic N) is 1. The van der Waals surface area contributed by atoms with Crippen LogP contribution < -0.4 is 5.19 Å². The van der Waals surface area contributed by atoms with Crippen molar-refractivity contribution in [1.82, 2.24) is 4.57 Å². The summed E-state index contributed by atoms with van der Waals surface area (Å²) in [6, 6.07) is 30.4. The van der Waals surface area contributed by atoms with Crippen LogP contribution in [0.2, 0.25) is 19.6 Å². The standard InChI is InChI=1S/C27H23NOSi/c1-30(2,3)25-17-9-13-21-20-12-8-16-24(26(20)29-27(21)25)28-22-14-6-4-10-18(22)19-11-5-7-15-23(19)28/h4-17H,1-3H3. The van der Waals surface area contributed by atoms with E-state index in [0.717, 1.165) is 16.9 Å². The van der Waals surface area contributed by atoms with Crippen molar-refractivity contribution >= 4 is 57.0 Å². The van der Waals surface area contributed by atoms with E-state index in [1.165, 1.54) is 37.8 Å². The molecule has 2 heterocycles. The molecule has 30 heavy (non-hydrogen) atoms. The first-order chi connectivity index (χ1) is 14.5. The predicted octanol–water partition coefficient (Wildman–Crippen LogP) is 7.23. The molecule has 0 amide bonds. The number of hydrogen-bond donors (Lipinski definition) is 0. The average molecular weight is 406 g/mol. The lowest BCUT2D eigenvalue weighted by Gasteiger charge is -2.16. The summed E-state index contributed by atoms with van der Waals surface area (Å²) in [5.74, 6) is 0. The molecule has 0 atom stereocenters. The number of hydrogen-bond acceptors (Lipinski definition) is 1. The van der Waals surface area contributed by atoms with Crippen LogP contribution in [0.15, 0.2) is 89.3 Å². The van der Waals surface area contributed by atoms with Gasteiger partial charge >= 0.3 is 0 Å². The Morgan fingerprint density at radius 2 is 1.10 bits per heavy atom. The van der Waals surface area contributed by atoms with E-state index in [1.807, 2.05) is 0 Å². The van der Waals surface area contributed by atoms with Gasteiger partial charge in [-0.2, -0.15) is 0 Å². The minimum Gasteiger partial charge on any atom is -0.454 e. The summed E-state index contributed by atoms with van der Waals surface area (Å²) in [7, 11) is -1.53. The topological polar surface area (TPSA) is 18.1 Å². The Bertz CT molecular complexity index is 1530. The van der Waals surface area contributed by atoms with Gasteiger partial charge in [0, 0.05) is 21.5 Å². The van der Waals surface area contributed by atoms with Crippen LogP contribution >= 0.6 is 0 Å². The molecule has 0 saturated heterocycles. The summed E-state index contributed by atoms with van der Waals surface area (Å²) >= 11 is 0. The highest BCUT2D eigenvalue weighted by molar-refractivity contribution is 6.90. The molecule has 6 rings (SSSR count). The molecule has 0 N–H and O–H groups in total. The average Bonchev–Trinajstić information content (AvgIpc) is 3.29. The van der Waals surface area contributed by atoms with Gasteiger partial charge in [0.2, 0.25) is 0 Å². The Kier molecular flexibility index (Phi) is 3.57. The zero-order valence-corrected chi connectivity index (χ0v) is 18.4. The molecule has 2 aromatic heterocycles. The van der Waals surface area contributed by atoms with Crippen molar-refractivity contribution < 1.29 is 4.42 Å². The van der Waals surface area contributed by atoms with Crippen LogP contribution in [0.4, 0.5) is 0 Å². The molecule has 0 spiro atoms. The first-order valence-electron chi connectivity index (χ1n) is 10.5. The zero-order valence-electron chi connectivity index (χ0n) is 17.4. The fourth-order valence-electron chi connectivity index (χ4n) is 4.75. The maximum Gasteiger partial charge on any atom is 0.159 e. The van der Waals surface area contributed by atoms with Gasteiger partial charge in [0.25, 0.3) is 0 Å². The van der Waals surface area contributed by atoms with Crippen molar-refractivity contribution in [2.75, 3.05) is 0 Å².